The Labute approximate surface area is 158 Å². The van der Waals surface area contributed by atoms with Gasteiger partial charge in [-0.05, 0) is 53.6 Å². The number of halogens is 2. The van der Waals surface area contributed by atoms with Crippen LogP contribution in [0.2, 0.25) is 0 Å². The van der Waals surface area contributed by atoms with Crippen molar-refractivity contribution >= 4 is 43.6 Å². The van der Waals surface area contributed by atoms with Crippen LogP contribution in [-0.4, -0.2) is 9.97 Å². The van der Waals surface area contributed by atoms with E-state index < -0.39 is 0 Å². The molecular weight excluding hydrogens is 354 g/mol. The number of aromatic nitrogens is 2. The van der Waals surface area contributed by atoms with Gasteiger partial charge >= 0.3 is 0 Å². The number of hydrogen-bond donors (Lipinski definition) is 2. The molecule has 6 aromatic rings. The Morgan fingerprint density at radius 3 is 1.93 bits per heavy atom. The molecule has 0 bridgehead atoms. The lowest BCUT2D eigenvalue weighted by atomic mass is 9.97. The molecule has 2 heterocycles. The minimum absolute atomic E-state index is 0.280. The smallest absolute Gasteiger partial charge is 0.125 e. The van der Waals surface area contributed by atoms with E-state index in [0.717, 1.165) is 54.7 Å². The average Bonchev–Trinajstić information content (AvgIpc) is 3.24. The van der Waals surface area contributed by atoms with Crippen molar-refractivity contribution in [2.24, 2.45) is 0 Å². The first-order valence-corrected chi connectivity index (χ1v) is 9.09. The summed E-state index contributed by atoms with van der Waals surface area (Å²) in [5.74, 6) is -0.560. The van der Waals surface area contributed by atoms with Crippen molar-refractivity contribution in [2.75, 3.05) is 0 Å². The molecule has 6 rings (SSSR count). The molecule has 134 valence electrons. The van der Waals surface area contributed by atoms with Crippen LogP contribution in [0.1, 0.15) is 0 Å². The molecule has 0 radical (unpaired) electrons. The zero-order chi connectivity index (χ0) is 18.8. The Morgan fingerprint density at radius 1 is 0.571 bits per heavy atom. The summed E-state index contributed by atoms with van der Waals surface area (Å²) in [6.07, 6.45) is 0. The zero-order valence-electron chi connectivity index (χ0n) is 14.7. The third kappa shape index (κ3) is 2.06. The van der Waals surface area contributed by atoms with Crippen LogP contribution in [0.15, 0.2) is 72.8 Å². The van der Waals surface area contributed by atoms with E-state index in [1.165, 1.54) is 24.3 Å². The molecule has 2 nitrogen and oxygen atoms in total. The van der Waals surface area contributed by atoms with Crippen LogP contribution < -0.4 is 0 Å². The Morgan fingerprint density at radius 2 is 1.21 bits per heavy atom. The molecule has 0 spiro atoms. The lowest BCUT2D eigenvalue weighted by Crippen LogP contribution is -1.82. The Hall–Kier alpha value is -3.66. The van der Waals surface area contributed by atoms with Crippen molar-refractivity contribution in [1.29, 1.82) is 0 Å². The molecule has 2 aromatic heterocycles. The monoisotopic (exact) mass is 368 g/mol. The summed E-state index contributed by atoms with van der Waals surface area (Å²) >= 11 is 0. The molecule has 0 aliphatic rings. The van der Waals surface area contributed by atoms with Gasteiger partial charge in [0, 0.05) is 38.1 Å². The van der Waals surface area contributed by atoms with Gasteiger partial charge in [-0.25, -0.2) is 8.78 Å². The summed E-state index contributed by atoms with van der Waals surface area (Å²) in [6, 6.07) is 21.8. The van der Waals surface area contributed by atoms with Crippen LogP contribution in [0.3, 0.4) is 0 Å². The van der Waals surface area contributed by atoms with Gasteiger partial charge < -0.3 is 9.97 Å². The van der Waals surface area contributed by atoms with Gasteiger partial charge in [-0.3, -0.25) is 0 Å². The van der Waals surface area contributed by atoms with Crippen molar-refractivity contribution < 1.29 is 8.78 Å². The fourth-order valence-corrected chi connectivity index (χ4v) is 4.27. The minimum Gasteiger partial charge on any atom is -0.354 e. The van der Waals surface area contributed by atoms with E-state index >= 15 is 0 Å². The van der Waals surface area contributed by atoms with E-state index in [4.69, 9.17) is 0 Å². The predicted octanol–water partition coefficient (Wildman–Crippen LogP) is 6.90. The maximum atomic E-state index is 13.9. The van der Waals surface area contributed by atoms with Gasteiger partial charge in [0.25, 0.3) is 0 Å². The van der Waals surface area contributed by atoms with E-state index in [2.05, 4.69) is 28.2 Å². The summed E-state index contributed by atoms with van der Waals surface area (Å²) in [7, 11) is 0. The highest BCUT2D eigenvalue weighted by Crippen LogP contribution is 2.41. The fourth-order valence-electron chi connectivity index (χ4n) is 4.27. The number of H-pyrrole nitrogens is 2. The summed E-state index contributed by atoms with van der Waals surface area (Å²) in [5.41, 5.74) is 5.45. The molecule has 0 unspecified atom stereocenters. The van der Waals surface area contributed by atoms with Crippen molar-refractivity contribution in [2.45, 2.75) is 0 Å². The van der Waals surface area contributed by atoms with Gasteiger partial charge in [0.1, 0.15) is 11.6 Å². The second-order valence-electron chi connectivity index (χ2n) is 7.09. The lowest BCUT2D eigenvalue weighted by Gasteiger charge is -2.06. The molecule has 28 heavy (non-hydrogen) atoms. The molecule has 0 aliphatic carbocycles. The zero-order valence-corrected chi connectivity index (χ0v) is 14.7. The van der Waals surface area contributed by atoms with E-state index in [1.54, 1.807) is 6.07 Å². The van der Waals surface area contributed by atoms with Crippen LogP contribution in [-0.2, 0) is 0 Å². The third-order valence-electron chi connectivity index (χ3n) is 5.44. The molecule has 0 saturated carbocycles. The first-order chi connectivity index (χ1) is 13.7. The Kier molecular flexibility index (Phi) is 2.98. The molecular formula is C24H14F2N2. The van der Waals surface area contributed by atoms with Gasteiger partial charge in [-0.1, -0.05) is 30.3 Å². The quantitative estimate of drug-likeness (QED) is 0.316. The fraction of sp³-hybridized carbons (Fsp3) is 0. The maximum Gasteiger partial charge on any atom is 0.125 e. The number of nitrogens with one attached hydrogen (secondary N) is 2. The van der Waals surface area contributed by atoms with E-state index in [9.17, 15) is 8.78 Å². The summed E-state index contributed by atoms with van der Waals surface area (Å²) in [4.78, 5) is 6.75. The summed E-state index contributed by atoms with van der Waals surface area (Å²) < 4.78 is 27.6. The highest BCUT2D eigenvalue weighted by atomic mass is 19.1. The summed E-state index contributed by atoms with van der Waals surface area (Å²) in [6.45, 7) is 0. The van der Waals surface area contributed by atoms with Gasteiger partial charge in [0.15, 0.2) is 0 Å². The standard InChI is InChI=1S/C24H14F2N2/c25-14-7-9-17-19(10-14)27-21-12-18(13-4-2-1-3-5-13)22-16-8-6-15(26)11-20(16)28-24(22)23(17)21/h1-12,27-28H. The normalized spacial score (nSPS) is 11.9. The highest BCUT2D eigenvalue weighted by Gasteiger charge is 2.17. The van der Waals surface area contributed by atoms with E-state index in [0.29, 0.717) is 0 Å². The molecule has 0 atom stereocenters. The van der Waals surface area contributed by atoms with Crippen LogP contribution in [0, 0.1) is 11.6 Å². The predicted molar refractivity (Wildman–Crippen MR) is 111 cm³/mol. The number of benzene rings is 4. The number of aromatic amines is 2. The Bertz CT molecular complexity index is 1520. The molecule has 0 saturated heterocycles. The average molecular weight is 368 g/mol. The molecule has 0 fully saturated rings. The minimum atomic E-state index is -0.280. The van der Waals surface area contributed by atoms with Gasteiger partial charge in [0.2, 0.25) is 0 Å². The number of rotatable bonds is 1. The lowest BCUT2D eigenvalue weighted by molar-refractivity contribution is 0.629. The van der Waals surface area contributed by atoms with Crippen LogP contribution in [0.4, 0.5) is 8.78 Å². The first kappa shape index (κ1) is 15.4. The molecule has 2 N–H and O–H groups in total. The van der Waals surface area contributed by atoms with Crippen molar-refractivity contribution in [3.63, 3.8) is 0 Å². The number of hydrogen-bond acceptors (Lipinski definition) is 0. The molecule has 0 aliphatic heterocycles. The van der Waals surface area contributed by atoms with Crippen molar-refractivity contribution in [3.05, 3.63) is 84.4 Å². The Balaban J connectivity index is 1.89. The highest BCUT2D eigenvalue weighted by molar-refractivity contribution is 6.28. The second-order valence-corrected chi connectivity index (χ2v) is 7.09. The second kappa shape index (κ2) is 5.42. The first-order valence-electron chi connectivity index (χ1n) is 9.09. The third-order valence-corrected chi connectivity index (χ3v) is 5.44. The SMILES string of the molecule is Fc1ccc2c(c1)[nH]c1c2c(-c2ccccc2)cc2[nH]c3cc(F)ccc3c21. The van der Waals surface area contributed by atoms with Crippen LogP contribution in [0.5, 0.6) is 0 Å². The number of fused-ring (bicyclic) bond motifs is 7. The van der Waals surface area contributed by atoms with Crippen LogP contribution in [0.25, 0.3) is 54.7 Å². The van der Waals surface area contributed by atoms with Gasteiger partial charge in [-0.15, -0.1) is 0 Å². The largest absolute Gasteiger partial charge is 0.354 e. The van der Waals surface area contributed by atoms with E-state index in [1.807, 2.05) is 24.3 Å². The molecule has 4 aromatic carbocycles. The van der Waals surface area contributed by atoms with Crippen LogP contribution >= 0.6 is 0 Å². The molecule has 0 amide bonds. The summed E-state index contributed by atoms with van der Waals surface area (Å²) in [5, 5.41) is 3.93. The molecule has 4 heteroatoms. The van der Waals surface area contributed by atoms with Gasteiger partial charge in [0.05, 0.1) is 5.52 Å². The van der Waals surface area contributed by atoms with Crippen molar-refractivity contribution in [3.8, 4) is 11.1 Å². The maximum absolute atomic E-state index is 13.9. The topological polar surface area (TPSA) is 31.6 Å². The van der Waals surface area contributed by atoms with Crippen molar-refractivity contribution in [1.82, 2.24) is 9.97 Å². The van der Waals surface area contributed by atoms with E-state index in [-0.39, 0.29) is 11.6 Å². The van der Waals surface area contributed by atoms with Gasteiger partial charge in [-0.2, -0.15) is 0 Å².